The predicted octanol–water partition coefficient (Wildman–Crippen LogP) is 1.50. The molecule has 0 radical (unpaired) electrons. The van der Waals surface area contributed by atoms with Gasteiger partial charge in [0.25, 0.3) is 5.91 Å². The monoisotopic (exact) mass is 302 g/mol. The van der Waals surface area contributed by atoms with Crippen LogP contribution < -0.4 is 4.90 Å². The van der Waals surface area contributed by atoms with Crippen LogP contribution in [0.25, 0.3) is 0 Å². The standard InChI is InChI=1S/C14H10N2O4S/c17-11-5-8-3-1-2-4-10(8)13(20)16(11)14-15-9(7-21-14)6-12(18)19/h1-4,7H,5-6H2,(H,18,19). The first-order valence-electron chi connectivity index (χ1n) is 6.17. The highest BCUT2D eigenvalue weighted by Crippen LogP contribution is 2.28. The number of thiazole rings is 1. The Hall–Kier alpha value is -2.54. The first-order valence-corrected chi connectivity index (χ1v) is 7.05. The van der Waals surface area contributed by atoms with E-state index in [2.05, 4.69) is 4.98 Å². The van der Waals surface area contributed by atoms with Gasteiger partial charge in [0.05, 0.1) is 18.5 Å². The maximum absolute atomic E-state index is 12.4. The highest BCUT2D eigenvalue weighted by molar-refractivity contribution is 7.14. The van der Waals surface area contributed by atoms with Gasteiger partial charge in [-0.25, -0.2) is 9.88 Å². The second-order valence-electron chi connectivity index (χ2n) is 4.56. The number of hydrogen-bond donors (Lipinski definition) is 1. The van der Waals surface area contributed by atoms with Gasteiger partial charge in [-0.3, -0.25) is 14.4 Å². The van der Waals surface area contributed by atoms with Gasteiger partial charge >= 0.3 is 5.97 Å². The first-order chi connectivity index (χ1) is 10.1. The fraction of sp³-hybridized carbons (Fsp3) is 0.143. The lowest BCUT2D eigenvalue weighted by molar-refractivity contribution is -0.136. The molecule has 2 heterocycles. The number of amides is 2. The molecule has 1 aliphatic heterocycles. The zero-order valence-corrected chi connectivity index (χ0v) is 11.6. The second-order valence-corrected chi connectivity index (χ2v) is 5.40. The highest BCUT2D eigenvalue weighted by atomic mass is 32.1. The van der Waals surface area contributed by atoms with Gasteiger partial charge in [-0.15, -0.1) is 11.3 Å². The molecule has 1 N–H and O–H groups in total. The number of aliphatic carboxylic acids is 1. The van der Waals surface area contributed by atoms with Crippen LogP contribution in [0.2, 0.25) is 0 Å². The quantitative estimate of drug-likeness (QED) is 0.868. The van der Waals surface area contributed by atoms with Crippen LogP contribution in [-0.4, -0.2) is 27.9 Å². The van der Waals surface area contributed by atoms with Crippen LogP contribution in [0.1, 0.15) is 21.6 Å². The maximum Gasteiger partial charge on any atom is 0.309 e. The molecule has 0 unspecified atom stereocenters. The van der Waals surface area contributed by atoms with Crippen molar-refractivity contribution in [3.05, 3.63) is 46.5 Å². The zero-order chi connectivity index (χ0) is 15.0. The van der Waals surface area contributed by atoms with E-state index >= 15 is 0 Å². The number of carbonyl (C=O) groups is 3. The third kappa shape index (κ3) is 2.43. The molecule has 2 amide bonds. The van der Waals surface area contributed by atoms with Crippen molar-refractivity contribution in [2.24, 2.45) is 0 Å². The minimum Gasteiger partial charge on any atom is -0.481 e. The van der Waals surface area contributed by atoms with Gasteiger partial charge in [0.2, 0.25) is 5.91 Å². The molecule has 1 aromatic heterocycles. The molecule has 0 saturated carbocycles. The number of fused-ring (bicyclic) bond motifs is 1. The lowest BCUT2D eigenvalue weighted by atomic mass is 9.99. The maximum atomic E-state index is 12.4. The van der Waals surface area contributed by atoms with Gasteiger partial charge in [-0.2, -0.15) is 0 Å². The lowest BCUT2D eigenvalue weighted by Crippen LogP contribution is -2.42. The number of aromatic nitrogens is 1. The smallest absolute Gasteiger partial charge is 0.309 e. The van der Waals surface area contributed by atoms with Gasteiger partial charge in [0, 0.05) is 10.9 Å². The van der Waals surface area contributed by atoms with E-state index < -0.39 is 11.9 Å². The first kappa shape index (κ1) is 13.4. The summed E-state index contributed by atoms with van der Waals surface area (Å²) in [5, 5.41) is 10.5. The Kier molecular flexibility index (Phi) is 3.26. The molecule has 3 rings (SSSR count). The largest absolute Gasteiger partial charge is 0.481 e. The molecule has 106 valence electrons. The molecule has 21 heavy (non-hydrogen) atoms. The van der Waals surface area contributed by atoms with E-state index in [1.54, 1.807) is 29.6 Å². The van der Waals surface area contributed by atoms with Crippen molar-refractivity contribution in [2.45, 2.75) is 12.8 Å². The lowest BCUT2D eigenvalue weighted by Gasteiger charge is -2.24. The van der Waals surface area contributed by atoms with Crippen LogP contribution >= 0.6 is 11.3 Å². The van der Waals surface area contributed by atoms with E-state index in [9.17, 15) is 14.4 Å². The van der Waals surface area contributed by atoms with Crippen molar-refractivity contribution in [1.82, 2.24) is 4.98 Å². The SMILES string of the molecule is O=C(O)Cc1csc(N2C(=O)Cc3ccccc3C2=O)n1. The van der Waals surface area contributed by atoms with Gasteiger partial charge in [0.1, 0.15) is 0 Å². The highest BCUT2D eigenvalue weighted by Gasteiger charge is 2.33. The summed E-state index contributed by atoms with van der Waals surface area (Å²) >= 11 is 1.09. The number of carboxylic acid groups (broad SMARTS) is 1. The Morgan fingerprint density at radius 2 is 2.10 bits per heavy atom. The summed E-state index contributed by atoms with van der Waals surface area (Å²) in [4.78, 5) is 40.3. The number of carboxylic acids is 1. The summed E-state index contributed by atoms with van der Waals surface area (Å²) < 4.78 is 0. The molecule has 6 nitrogen and oxygen atoms in total. The molecule has 0 fully saturated rings. The number of nitrogens with zero attached hydrogens (tertiary/aromatic N) is 2. The van der Waals surface area contributed by atoms with Gasteiger partial charge in [-0.1, -0.05) is 18.2 Å². The number of imide groups is 1. The van der Waals surface area contributed by atoms with E-state index in [0.717, 1.165) is 16.2 Å². The molecule has 1 aromatic carbocycles. The fourth-order valence-electron chi connectivity index (χ4n) is 2.19. The second kappa shape index (κ2) is 5.10. The molecule has 0 atom stereocenters. The molecule has 0 aliphatic carbocycles. The fourth-order valence-corrected chi connectivity index (χ4v) is 3.03. The summed E-state index contributed by atoms with van der Waals surface area (Å²) in [5.41, 5.74) is 1.51. The van der Waals surface area contributed by atoms with Gasteiger partial charge in [-0.05, 0) is 11.6 Å². The molecular weight excluding hydrogens is 292 g/mol. The average molecular weight is 302 g/mol. The van der Waals surface area contributed by atoms with Crippen LogP contribution in [0, 0.1) is 0 Å². The van der Waals surface area contributed by atoms with Crippen LogP contribution in [0.3, 0.4) is 0 Å². The Bertz CT molecular complexity index is 753. The van der Waals surface area contributed by atoms with E-state index in [1.165, 1.54) is 0 Å². The number of rotatable bonds is 3. The molecule has 7 heteroatoms. The summed E-state index contributed by atoms with van der Waals surface area (Å²) in [5.74, 6) is -1.78. The third-order valence-electron chi connectivity index (χ3n) is 3.11. The molecule has 2 aromatic rings. The van der Waals surface area contributed by atoms with Crippen molar-refractivity contribution in [3.63, 3.8) is 0 Å². The minimum atomic E-state index is -1.01. The van der Waals surface area contributed by atoms with Gasteiger partial charge in [0.15, 0.2) is 5.13 Å². The Morgan fingerprint density at radius 3 is 2.86 bits per heavy atom. The van der Waals surface area contributed by atoms with E-state index in [1.807, 2.05) is 0 Å². The molecule has 0 saturated heterocycles. The Morgan fingerprint density at radius 1 is 1.33 bits per heavy atom. The minimum absolute atomic E-state index is 0.135. The third-order valence-corrected chi connectivity index (χ3v) is 3.98. The molecule has 0 bridgehead atoms. The van der Waals surface area contributed by atoms with Crippen molar-refractivity contribution in [1.29, 1.82) is 0 Å². The summed E-state index contributed by atoms with van der Waals surface area (Å²) in [6.45, 7) is 0. The van der Waals surface area contributed by atoms with Crippen LogP contribution in [0.15, 0.2) is 29.6 Å². The zero-order valence-electron chi connectivity index (χ0n) is 10.8. The summed E-state index contributed by atoms with van der Waals surface area (Å²) in [7, 11) is 0. The number of anilines is 1. The predicted molar refractivity (Wildman–Crippen MR) is 75.4 cm³/mol. The Labute approximate surface area is 123 Å². The van der Waals surface area contributed by atoms with Crippen LogP contribution in [0.5, 0.6) is 0 Å². The molecular formula is C14H10N2O4S. The summed E-state index contributed by atoms with van der Waals surface area (Å²) in [6.07, 6.45) is -0.0981. The number of hydrogen-bond acceptors (Lipinski definition) is 5. The normalized spacial score (nSPS) is 14.2. The van der Waals surface area contributed by atoms with E-state index in [0.29, 0.717) is 16.8 Å². The van der Waals surface area contributed by atoms with Crippen LogP contribution in [0.4, 0.5) is 5.13 Å². The number of carbonyl (C=O) groups excluding carboxylic acids is 2. The molecule has 0 spiro atoms. The topological polar surface area (TPSA) is 87.6 Å². The number of benzene rings is 1. The van der Waals surface area contributed by atoms with Crippen molar-refractivity contribution in [2.75, 3.05) is 4.90 Å². The van der Waals surface area contributed by atoms with E-state index in [4.69, 9.17) is 5.11 Å². The average Bonchev–Trinajstić information content (AvgIpc) is 2.86. The molecule has 1 aliphatic rings. The van der Waals surface area contributed by atoms with Crippen molar-refractivity contribution in [3.8, 4) is 0 Å². The Balaban J connectivity index is 1.96. The van der Waals surface area contributed by atoms with Crippen molar-refractivity contribution >= 4 is 34.3 Å². The van der Waals surface area contributed by atoms with Crippen molar-refractivity contribution < 1.29 is 19.5 Å². The van der Waals surface area contributed by atoms with Gasteiger partial charge < -0.3 is 5.11 Å². The van der Waals surface area contributed by atoms with Crippen LogP contribution in [-0.2, 0) is 22.4 Å². The summed E-state index contributed by atoms with van der Waals surface area (Å²) in [6, 6.07) is 6.94. The van der Waals surface area contributed by atoms with E-state index in [-0.39, 0.29) is 23.9 Å².